The average molecular weight is 507 g/mol. The van der Waals surface area contributed by atoms with Gasteiger partial charge < -0.3 is 4.74 Å². The summed E-state index contributed by atoms with van der Waals surface area (Å²) in [4.78, 5) is 0. The second-order valence-electron chi connectivity index (χ2n) is 12.3. The number of allylic oxidation sites excluding steroid dienone is 15. The van der Waals surface area contributed by atoms with Crippen LogP contribution < -0.4 is 0 Å². The normalized spacial score (nSPS) is 25.0. The van der Waals surface area contributed by atoms with Crippen LogP contribution in [0.4, 0.5) is 8.78 Å². The molecule has 37 heavy (non-hydrogen) atoms. The summed E-state index contributed by atoms with van der Waals surface area (Å²) in [7, 11) is 0. The third-order valence-corrected chi connectivity index (χ3v) is 6.92. The van der Waals surface area contributed by atoms with Crippen LogP contribution in [0.2, 0.25) is 0 Å². The molecule has 0 aromatic rings. The molecule has 0 amide bonds. The van der Waals surface area contributed by atoms with Gasteiger partial charge in [-0.25, -0.2) is 0 Å². The van der Waals surface area contributed by atoms with Crippen molar-refractivity contribution in [1.82, 2.24) is 0 Å². The number of ether oxygens (including phenoxy) is 1. The molecule has 0 bridgehead atoms. The summed E-state index contributed by atoms with van der Waals surface area (Å²) in [6.45, 7) is 16.5. The number of hydrogen-bond donors (Lipinski definition) is 0. The van der Waals surface area contributed by atoms with E-state index in [0.29, 0.717) is 0 Å². The van der Waals surface area contributed by atoms with Crippen molar-refractivity contribution in [1.29, 1.82) is 0 Å². The predicted octanol–water partition coefficient (Wildman–Crippen LogP) is 10.5. The molecule has 200 valence electrons. The smallest absolute Gasteiger partial charge is 0.426 e. The highest BCUT2D eigenvalue weighted by Crippen LogP contribution is 2.41. The first kappa shape index (κ1) is 28.9. The van der Waals surface area contributed by atoms with Crippen molar-refractivity contribution in [2.24, 2.45) is 16.2 Å². The van der Waals surface area contributed by atoms with E-state index >= 15 is 8.78 Å². The van der Waals surface area contributed by atoms with Crippen molar-refractivity contribution in [3.05, 3.63) is 107 Å². The first-order valence-electron chi connectivity index (χ1n) is 13.5. The van der Waals surface area contributed by atoms with Crippen molar-refractivity contribution in [2.75, 3.05) is 0 Å². The Hall–Kier alpha value is -2.68. The molecule has 0 fully saturated rings. The van der Waals surface area contributed by atoms with Gasteiger partial charge in [-0.3, -0.25) is 0 Å². The van der Waals surface area contributed by atoms with E-state index in [-0.39, 0.29) is 22.2 Å². The third-order valence-electron chi connectivity index (χ3n) is 6.92. The number of alkyl halides is 2. The highest BCUT2D eigenvalue weighted by atomic mass is 19.3. The maximum Gasteiger partial charge on any atom is 0.426 e. The minimum atomic E-state index is -3.47. The monoisotopic (exact) mass is 506 g/mol. The van der Waals surface area contributed by atoms with E-state index in [9.17, 15) is 0 Å². The molecule has 3 aliphatic carbocycles. The van der Waals surface area contributed by atoms with E-state index in [0.717, 1.165) is 29.6 Å². The predicted molar refractivity (Wildman–Crippen MR) is 153 cm³/mol. The lowest BCUT2D eigenvalue weighted by atomic mass is 9.80. The summed E-state index contributed by atoms with van der Waals surface area (Å²) in [5.74, 6) is 0.173. The van der Waals surface area contributed by atoms with Crippen LogP contribution >= 0.6 is 0 Å². The van der Waals surface area contributed by atoms with Gasteiger partial charge in [0, 0.05) is 16.2 Å². The summed E-state index contributed by atoms with van der Waals surface area (Å²) in [5, 5.41) is 0. The molecule has 3 aliphatic rings. The van der Waals surface area contributed by atoms with E-state index in [2.05, 4.69) is 51.2 Å². The van der Waals surface area contributed by atoms with Crippen LogP contribution in [-0.4, -0.2) is 6.11 Å². The minimum Gasteiger partial charge on any atom is -0.429 e. The molecule has 0 saturated heterocycles. The zero-order valence-corrected chi connectivity index (χ0v) is 23.9. The number of halogens is 2. The van der Waals surface area contributed by atoms with E-state index in [1.54, 1.807) is 18.2 Å². The van der Waals surface area contributed by atoms with Crippen LogP contribution in [0.25, 0.3) is 0 Å². The summed E-state index contributed by atoms with van der Waals surface area (Å²) in [6, 6.07) is 0. The Bertz CT molecular complexity index is 1160. The molecule has 1 nitrogen and oxygen atoms in total. The van der Waals surface area contributed by atoms with Crippen molar-refractivity contribution >= 4 is 0 Å². The molecule has 0 saturated carbocycles. The second kappa shape index (κ2) is 11.0. The minimum absolute atomic E-state index is 0.0796. The van der Waals surface area contributed by atoms with Crippen molar-refractivity contribution in [2.45, 2.75) is 87.2 Å². The Balaban J connectivity index is 1.91. The van der Waals surface area contributed by atoms with Gasteiger partial charge in [0.25, 0.3) is 0 Å². The van der Waals surface area contributed by atoms with Gasteiger partial charge in [0.2, 0.25) is 0 Å². The largest absolute Gasteiger partial charge is 0.429 e. The summed E-state index contributed by atoms with van der Waals surface area (Å²) < 4.78 is 36.5. The zero-order valence-electron chi connectivity index (χ0n) is 23.9. The van der Waals surface area contributed by atoms with Gasteiger partial charge in [-0.1, -0.05) is 127 Å². The van der Waals surface area contributed by atoms with E-state index in [1.165, 1.54) is 24.5 Å². The van der Waals surface area contributed by atoms with Crippen LogP contribution in [-0.2, 0) is 4.74 Å². The van der Waals surface area contributed by atoms with Gasteiger partial charge in [0.15, 0.2) is 0 Å². The fourth-order valence-corrected chi connectivity index (χ4v) is 5.37. The molecule has 3 heteroatoms. The second-order valence-corrected chi connectivity index (χ2v) is 12.3. The Kier molecular flexibility index (Phi) is 8.57. The zero-order chi connectivity index (χ0) is 27.5. The van der Waals surface area contributed by atoms with Gasteiger partial charge >= 0.3 is 6.11 Å². The SMILES string of the molecule is CCCCCC1(C)C=C(C)C=CC(C2=CC(C)(C)C=C(C(F)(F)OC3=CC(C)(C)C=C(C)C=C3)C=C2)=C1. The molecule has 0 radical (unpaired) electrons. The molecule has 0 N–H and O–H groups in total. The number of hydrogen-bond acceptors (Lipinski definition) is 1. The lowest BCUT2D eigenvalue weighted by molar-refractivity contribution is -0.177. The van der Waals surface area contributed by atoms with E-state index in [4.69, 9.17) is 4.74 Å². The maximum atomic E-state index is 15.6. The van der Waals surface area contributed by atoms with Crippen LogP contribution in [0.3, 0.4) is 0 Å². The molecule has 0 aromatic carbocycles. The van der Waals surface area contributed by atoms with Crippen LogP contribution in [0, 0.1) is 16.2 Å². The Morgan fingerprint density at radius 2 is 1.27 bits per heavy atom. The molecule has 0 spiro atoms. The van der Waals surface area contributed by atoms with E-state index < -0.39 is 11.5 Å². The fourth-order valence-electron chi connectivity index (χ4n) is 5.37. The van der Waals surface area contributed by atoms with E-state index in [1.807, 2.05) is 52.8 Å². The first-order valence-corrected chi connectivity index (χ1v) is 13.5. The number of unbranched alkanes of at least 4 members (excludes halogenated alkanes) is 2. The quantitative estimate of drug-likeness (QED) is 0.298. The topological polar surface area (TPSA) is 9.23 Å². The highest BCUT2D eigenvalue weighted by Gasteiger charge is 2.39. The molecule has 0 heterocycles. The standard InChI is InChI=1S/C34H44F2O/c1-9-10-11-18-33(8)20-26(3)12-14-28(22-33)27-15-16-29(23-32(6,7)21-27)34(35,36)37-30-17-13-25(2)19-31(4,5)24-30/h12-17,19-24H,9-11,18H2,1-8H3. The number of rotatable bonds is 8. The Morgan fingerprint density at radius 3 is 1.97 bits per heavy atom. The van der Waals surface area contributed by atoms with Gasteiger partial charge in [-0.2, -0.15) is 8.78 Å². The molecule has 0 aromatic heterocycles. The summed E-state index contributed by atoms with van der Waals surface area (Å²) in [6.07, 6.45) is 24.3. The van der Waals surface area contributed by atoms with Crippen molar-refractivity contribution in [3.8, 4) is 0 Å². The van der Waals surface area contributed by atoms with Crippen molar-refractivity contribution < 1.29 is 13.5 Å². The lowest BCUT2D eigenvalue weighted by Gasteiger charge is -2.24. The van der Waals surface area contributed by atoms with Gasteiger partial charge in [-0.05, 0) is 49.6 Å². The molecule has 0 aliphatic heterocycles. The van der Waals surface area contributed by atoms with Crippen LogP contribution in [0.1, 0.15) is 81.1 Å². The third kappa shape index (κ3) is 8.15. The fraction of sp³-hybridized carbons (Fsp3) is 0.471. The molecule has 1 unspecified atom stereocenters. The van der Waals surface area contributed by atoms with Crippen LogP contribution in [0.5, 0.6) is 0 Å². The van der Waals surface area contributed by atoms with Gasteiger partial charge in [0.05, 0.1) is 5.57 Å². The summed E-state index contributed by atoms with van der Waals surface area (Å²) >= 11 is 0. The Labute approximate surface area is 223 Å². The highest BCUT2D eigenvalue weighted by molar-refractivity contribution is 5.54. The maximum absolute atomic E-state index is 15.6. The molecule has 3 rings (SSSR count). The van der Waals surface area contributed by atoms with Crippen molar-refractivity contribution in [3.63, 3.8) is 0 Å². The Morgan fingerprint density at radius 1 is 0.676 bits per heavy atom. The summed E-state index contributed by atoms with van der Waals surface area (Å²) in [5.41, 5.74) is 3.06. The molecular weight excluding hydrogens is 462 g/mol. The van der Waals surface area contributed by atoms with Crippen LogP contribution in [0.15, 0.2) is 107 Å². The van der Waals surface area contributed by atoms with Gasteiger partial charge in [-0.15, -0.1) is 0 Å². The average Bonchev–Trinajstić information content (AvgIpc) is 3.08. The molecular formula is C34H44F2O. The first-order chi connectivity index (χ1) is 17.1. The lowest BCUT2D eigenvalue weighted by Crippen LogP contribution is -2.24. The van der Waals surface area contributed by atoms with Gasteiger partial charge in [0.1, 0.15) is 5.76 Å². The molecule has 1 atom stereocenters.